The Morgan fingerprint density at radius 1 is 1.35 bits per heavy atom. The maximum absolute atomic E-state index is 12.2. The zero-order chi connectivity index (χ0) is 13.9. The summed E-state index contributed by atoms with van der Waals surface area (Å²) in [7, 11) is 0. The summed E-state index contributed by atoms with van der Waals surface area (Å²) in [6.07, 6.45) is 6.34. The Morgan fingerprint density at radius 3 is 2.95 bits per heavy atom. The van der Waals surface area contributed by atoms with Crippen molar-refractivity contribution in [3.8, 4) is 6.07 Å². The Bertz CT molecular complexity index is 553. The van der Waals surface area contributed by atoms with Crippen LogP contribution in [0.15, 0.2) is 0 Å². The molecular formula is C15H18N2O2S. The van der Waals surface area contributed by atoms with Gasteiger partial charge in [-0.1, -0.05) is 6.42 Å². The van der Waals surface area contributed by atoms with E-state index in [1.165, 1.54) is 23.3 Å². The van der Waals surface area contributed by atoms with Crippen LogP contribution >= 0.6 is 11.3 Å². The molecule has 106 valence electrons. The number of amides is 1. The van der Waals surface area contributed by atoms with Crippen LogP contribution in [0.5, 0.6) is 0 Å². The van der Waals surface area contributed by atoms with Crippen LogP contribution in [0.2, 0.25) is 0 Å². The minimum absolute atomic E-state index is 0.00425. The molecule has 0 bridgehead atoms. The van der Waals surface area contributed by atoms with Crippen LogP contribution in [-0.4, -0.2) is 19.1 Å². The number of hydrogen-bond acceptors (Lipinski definition) is 4. The Balaban J connectivity index is 1.82. The molecule has 2 heterocycles. The molecule has 5 heteroatoms. The molecule has 1 amide bonds. The third kappa shape index (κ3) is 2.58. The van der Waals surface area contributed by atoms with Crippen LogP contribution < -0.4 is 5.32 Å². The number of nitrogens with one attached hydrogen (secondary N) is 1. The van der Waals surface area contributed by atoms with E-state index in [1.54, 1.807) is 11.3 Å². The molecular weight excluding hydrogens is 272 g/mol. The summed E-state index contributed by atoms with van der Waals surface area (Å²) in [6, 6.07) is 2.29. The molecule has 1 aliphatic carbocycles. The number of hydrogen-bond donors (Lipinski definition) is 1. The van der Waals surface area contributed by atoms with Crippen molar-refractivity contribution in [2.75, 3.05) is 18.5 Å². The van der Waals surface area contributed by atoms with Gasteiger partial charge >= 0.3 is 0 Å². The predicted molar refractivity (Wildman–Crippen MR) is 77.8 cm³/mol. The van der Waals surface area contributed by atoms with E-state index in [4.69, 9.17) is 4.74 Å². The number of nitrogens with zero attached hydrogens (tertiary/aromatic N) is 1. The lowest BCUT2D eigenvalue weighted by Crippen LogP contribution is -2.22. The first-order chi connectivity index (χ1) is 9.79. The quantitative estimate of drug-likeness (QED) is 0.852. The van der Waals surface area contributed by atoms with Crippen molar-refractivity contribution in [1.29, 1.82) is 5.26 Å². The van der Waals surface area contributed by atoms with Crippen LogP contribution in [0, 0.1) is 17.2 Å². The summed E-state index contributed by atoms with van der Waals surface area (Å²) in [5.74, 6) is -0.0705. The van der Waals surface area contributed by atoms with Crippen molar-refractivity contribution in [3.05, 3.63) is 16.0 Å². The fourth-order valence-corrected chi connectivity index (χ4v) is 4.15. The highest BCUT2D eigenvalue weighted by atomic mass is 32.1. The summed E-state index contributed by atoms with van der Waals surface area (Å²) in [6.45, 7) is 1.16. The third-order valence-corrected chi connectivity index (χ3v) is 5.28. The van der Waals surface area contributed by atoms with Gasteiger partial charge in [0.2, 0.25) is 5.91 Å². The largest absolute Gasteiger partial charge is 0.381 e. The lowest BCUT2D eigenvalue weighted by atomic mass is 10.1. The van der Waals surface area contributed by atoms with Crippen molar-refractivity contribution in [3.63, 3.8) is 0 Å². The second-order valence-corrected chi connectivity index (χ2v) is 6.54. The molecule has 1 saturated heterocycles. The molecule has 1 N–H and O–H groups in total. The van der Waals surface area contributed by atoms with Crippen LogP contribution in [-0.2, 0) is 22.4 Å². The van der Waals surface area contributed by atoms with Crippen molar-refractivity contribution >= 4 is 22.2 Å². The van der Waals surface area contributed by atoms with Gasteiger partial charge in [-0.3, -0.25) is 4.79 Å². The fourth-order valence-electron chi connectivity index (χ4n) is 2.90. The zero-order valence-electron chi connectivity index (χ0n) is 11.4. The number of carbonyl (C=O) groups is 1. The van der Waals surface area contributed by atoms with E-state index in [1.807, 2.05) is 0 Å². The number of carbonyl (C=O) groups excluding carboxylic acids is 1. The first-order valence-corrected chi connectivity index (χ1v) is 8.04. The second kappa shape index (κ2) is 5.94. The zero-order valence-corrected chi connectivity index (χ0v) is 12.2. The average Bonchev–Trinajstić information content (AvgIpc) is 3.02. The van der Waals surface area contributed by atoms with E-state index < -0.39 is 0 Å². The summed E-state index contributed by atoms with van der Waals surface area (Å²) < 4.78 is 5.25. The third-order valence-electron chi connectivity index (χ3n) is 4.07. The maximum Gasteiger partial charge on any atom is 0.230 e. The molecule has 1 unspecified atom stereocenters. The molecule has 1 atom stereocenters. The van der Waals surface area contributed by atoms with Gasteiger partial charge in [-0.15, -0.1) is 11.3 Å². The second-order valence-electron chi connectivity index (χ2n) is 5.43. The number of aryl methyl sites for hydroxylation is 1. The number of anilines is 1. The topological polar surface area (TPSA) is 62.1 Å². The first-order valence-electron chi connectivity index (χ1n) is 7.23. The summed E-state index contributed by atoms with van der Waals surface area (Å²) >= 11 is 1.59. The van der Waals surface area contributed by atoms with Crippen molar-refractivity contribution < 1.29 is 9.53 Å². The van der Waals surface area contributed by atoms with Gasteiger partial charge in [-0.2, -0.15) is 5.26 Å². The van der Waals surface area contributed by atoms with E-state index in [0.29, 0.717) is 18.8 Å². The molecule has 0 radical (unpaired) electrons. The molecule has 4 nitrogen and oxygen atoms in total. The van der Waals surface area contributed by atoms with Crippen molar-refractivity contribution in [2.45, 2.75) is 38.5 Å². The number of thiophene rings is 1. The summed E-state index contributed by atoms with van der Waals surface area (Å²) in [4.78, 5) is 13.5. The maximum atomic E-state index is 12.2. The molecule has 1 aromatic heterocycles. The number of fused-ring (bicyclic) bond motifs is 1. The molecule has 1 fully saturated rings. The average molecular weight is 290 g/mol. The van der Waals surface area contributed by atoms with Crippen LogP contribution in [0.1, 0.15) is 41.7 Å². The smallest absolute Gasteiger partial charge is 0.230 e. The van der Waals surface area contributed by atoms with Crippen LogP contribution in [0.4, 0.5) is 5.00 Å². The molecule has 1 aliphatic heterocycles. The van der Waals surface area contributed by atoms with Gasteiger partial charge in [0, 0.05) is 11.5 Å². The Labute approximate surface area is 122 Å². The highest BCUT2D eigenvalue weighted by Crippen LogP contribution is 2.37. The summed E-state index contributed by atoms with van der Waals surface area (Å²) in [5, 5.41) is 13.1. The monoisotopic (exact) mass is 290 g/mol. The Hall–Kier alpha value is -1.38. The molecule has 3 rings (SSSR count). The minimum atomic E-state index is -0.0663. The molecule has 0 aromatic carbocycles. The SMILES string of the molecule is N#Cc1c(NC(=O)C2CCOC2)sc2c1CCCCC2. The van der Waals surface area contributed by atoms with E-state index >= 15 is 0 Å². The van der Waals surface area contributed by atoms with Crippen molar-refractivity contribution in [1.82, 2.24) is 0 Å². The van der Waals surface area contributed by atoms with Gasteiger partial charge in [0.05, 0.1) is 18.1 Å². The van der Waals surface area contributed by atoms with Gasteiger partial charge in [0.1, 0.15) is 11.1 Å². The lowest BCUT2D eigenvalue weighted by molar-refractivity contribution is -0.119. The fraction of sp³-hybridized carbons (Fsp3) is 0.600. The van der Waals surface area contributed by atoms with Crippen LogP contribution in [0.3, 0.4) is 0 Å². The number of ether oxygens (including phenoxy) is 1. The van der Waals surface area contributed by atoms with Gasteiger partial charge in [0.25, 0.3) is 0 Å². The standard InChI is InChI=1S/C15H18N2O2S/c16-8-12-11-4-2-1-3-5-13(11)20-15(12)17-14(18)10-6-7-19-9-10/h10H,1-7,9H2,(H,17,18). The molecule has 2 aliphatic rings. The molecule has 0 spiro atoms. The van der Waals surface area contributed by atoms with E-state index in [0.717, 1.165) is 30.7 Å². The van der Waals surface area contributed by atoms with Crippen molar-refractivity contribution in [2.24, 2.45) is 5.92 Å². The van der Waals surface area contributed by atoms with Crippen LogP contribution in [0.25, 0.3) is 0 Å². The van der Waals surface area contributed by atoms with Gasteiger partial charge in [-0.25, -0.2) is 0 Å². The highest BCUT2D eigenvalue weighted by molar-refractivity contribution is 7.16. The Kier molecular flexibility index (Phi) is 4.04. The molecule has 1 aromatic rings. The van der Waals surface area contributed by atoms with Gasteiger partial charge in [-0.05, 0) is 37.7 Å². The van der Waals surface area contributed by atoms with E-state index in [-0.39, 0.29) is 11.8 Å². The highest BCUT2D eigenvalue weighted by Gasteiger charge is 2.26. The molecule has 20 heavy (non-hydrogen) atoms. The first kappa shape index (κ1) is 13.6. The number of rotatable bonds is 2. The van der Waals surface area contributed by atoms with E-state index in [2.05, 4.69) is 11.4 Å². The summed E-state index contributed by atoms with van der Waals surface area (Å²) in [5.41, 5.74) is 1.87. The predicted octanol–water partition coefficient (Wildman–Crippen LogP) is 2.86. The Morgan fingerprint density at radius 2 is 2.20 bits per heavy atom. The van der Waals surface area contributed by atoms with Gasteiger partial charge in [0.15, 0.2) is 0 Å². The lowest BCUT2D eigenvalue weighted by Gasteiger charge is -2.08. The van der Waals surface area contributed by atoms with E-state index in [9.17, 15) is 10.1 Å². The van der Waals surface area contributed by atoms with Gasteiger partial charge < -0.3 is 10.1 Å². The number of nitriles is 1. The normalized spacial score (nSPS) is 21.9. The molecule has 0 saturated carbocycles. The minimum Gasteiger partial charge on any atom is -0.381 e.